The Balaban J connectivity index is 1.42. The van der Waals surface area contributed by atoms with Crippen LogP contribution in [0.1, 0.15) is 21.9 Å². The molecule has 4 rings (SSSR count). The van der Waals surface area contributed by atoms with Crippen LogP contribution in [0.4, 0.5) is 4.79 Å². The fourth-order valence-electron chi connectivity index (χ4n) is 3.37. The van der Waals surface area contributed by atoms with E-state index in [-0.39, 0.29) is 30.1 Å². The molecule has 0 spiro atoms. The second kappa shape index (κ2) is 9.76. The molecule has 1 aromatic heterocycles. The molecule has 0 saturated carbocycles. The predicted molar refractivity (Wildman–Crippen MR) is 125 cm³/mol. The predicted octanol–water partition coefficient (Wildman–Crippen LogP) is 4.73. The maximum absolute atomic E-state index is 13.0. The molecule has 31 heavy (non-hydrogen) atoms. The fraction of sp³-hybridized carbons (Fsp3) is 0.125. The Morgan fingerprint density at radius 3 is 2.16 bits per heavy atom. The minimum absolute atomic E-state index is 0.133. The Morgan fingerprint density at radius 2 is 1.58 bits per heavy atom. The molecule has 0 bridgehead atoms. The minimum atomic E-state index is -0.462. The number of hydrogen-bond acceptors (Lipinski definition) is 5. The highest BCUT2D eigenvalue weighted by molar-refractivity contribution is 8.18. The van der Waals surface area contributed by atoms with Gasteiger partial charge >= 0.3 is 0 Å². The van der Waals surface area contributed by atoms with Gasteiger partial charge in [0, 0.05) is 18.0 Å². The molecular formula is C24H20N2O3S2. The fourth-order valence-corrected chi connectivity index (χ4v) is 4.96. The van der Waals surface area contributed by atoms with E-state index in [2.05, 4.69) is 5.32 Å². The highest BCUT2D eigenvalue weighted by atomic mass is 32.2. The molecule has 3 aromatic rings. The van der Waals surface area contributed by atoms with E-state index >= 15 is 0 Å². The van der Waals surface area contributed by atoms with E-state index in [4.69, 9.17) is 0 Å². The van der Waals surface area contributed by atoms with E-state index < -0.39 is 5.92 Å². The quantitative estimate of drug-likeness (QED) is 0.531. The lowest BCUT2D eigenvalue weighted by Crippen LogP contribution is -2.39. The lowest BCUT2D eigenvalue weighted by molar-refractivity contribution is -0.124. The van der Waals surface area contributed by atoms with E-state index in [1.165, 1.54) is 16.2 Å². The lowest BCUT2D eigenvalue weighted by atomic mass is 9.90. The first kappa shape index (κ1) is 21.1. The molecule has 1 aliphatic rings. The topological polar surface area (TPSA) is 66.5 Å². The zero-order valence-electron chi connectivity index (χ0n) is 16.6. The zero-order valence-corrected chi connectivity index (χ0v) is 18.2. The highest BCUT2D eigenvalue weighted by Gasteiger charge is 2.35. The molecule has 1 N–H and O–H groups in total. The van der Waals surface area contributed by atoms with Crippen molar-refractivity contribution in [1.29, 1.82) is 0 Å². The summed E-state index contributed by atoms with van der Waals surface area (Å²) in [5, 5.41) is 4.50. The van der Waals surface area contributed by atoms with Crippen molar-refractivity contribution in [2.45, 2.75) is 5.92 Å². The second-order valence-electron chi connectivity index (χ2n) is 6.89. The van der Waals surface area contributed by atoms with Crippen LogP contribution in [0.15, 0.2) is 83.1 Å². The first-order valence-corrected chi connectivity index (χ1v) is 11.5. The third kappa shape index (κ3) is 4.95. The van der Waals surface area contributed by atoms with Gasteiger partial charge in [-0.1, -0.05) is 66.7 Å². The Bertz CT molecular complexity index is 1060. The summed E-state index contributed by atoms with van der Waals surface area (Å²) in [6.07, 6.45) is 1.73. The Hall–Kier alpha value is -3.16. The molecule has 3 amide bonds. The van der Waals surface area contributed by atoms with Crippen LogP contribution in [0, 0.1) is 0 Å². The van der Waals surface area contributed by atoms with Crippen molar-refractivity contribution >= 4 is 46.2 Å². The molecule has 1 saturated heterocycles. The number of amides is 3. The van der Waals surface area contributed by atoms with Crippen molar-refractivity contribution in [2.75, 3.05) is 13.1 Å². The standard InChI is InChI=1S/C24H20N2O3S2/c27-22(21(17-8-3-1-4-9-17)18-10-5-2-6-11-18)25-13-14-26-23(28)20(31-24(26)29)16-19-12-7-15-30-19/h1-12,15-16,21H,13-14H2,(H,25,27)/b20-16-. The summed E-state index contributed by atoms with van der Waals surface area (Å²) in [5.41, 5.74) is 1.77. The average molecular weight is 449 g/mol. The van der Waals surface area contributed by atoms with Crippen LogP contribution in [0.25, 0.3) is 6.08 Å². The van der Waals surface area contributed by atoms with Crippen LogP contribution in [-0.2, 0) is 9.59 Å². The molecule has 7 heteroatoms. The van der Waals surface area contributed by atoms with Crippen molar-refractivity contribution in [3.63, 3.8) is 0 Å². The van der Waals surface area contributed by atoms with E-state index in [1.807, 2.05) is 78.2 Å². The number of nitrogens with zero attached hydrogens (tertiary/aromatic N) is 1. The maximum Gasteiger partial charge on any atom is 0.293 e. The molecule has 0 radical (unpaired) electrons. The molecular weight excluding hydrogens is 428 g/mol. The first-order valence-electron chi connectivity index (χ1n) is 9.80. The van der Waals surface area contributed by atoms with Crippen molar-refractivity contribution in [1.82, 2.24) is 10.2 Å². The van der Waals surface area contributed by atoms with Gasteiger partial charge < -0.3 is 5.32 Å². The normalized spacial score (nSPS) is 15.1. The summed E-state index contributed by atoms with van der Waals surface area (Å²) >= 11 is 2.44. The van der Waals surface area contributed by atoms with Crippen LogP contribution < -0.4 is 5.32 Å². The summed E-state index contributed by atoms with van der Waals surface area (Å²) in [4.78, 5) is 40.5. The molecule has 0 unspecified atom stereocenters. The van der Waals surface area contributed by atoms with Gasteiger partial charge in [0.1, 0.15) is 0 Å². The Morgan fingerprint density at radius 1 is 0.935 bits per heavy atom. The molecule has 2 heterocycles. The first-order chi connectivity index (χ1) is 15.1. The van der Waals surface area contributed by atoms with Gasteiger partial charge in [-0.15, -0.1) is 11.3 Å². The van der Waals surface area contributed by atoms with Crippen molar-refractivity contribution in [3.8, 4) is 0 Å². The van der Waals surface area contributed by atoms with Gasteiger partial charge in [0.15, 0.2) is 0 Å². The number of thioether (sulfide) groups is 1. The monoisotopic (exact) mass is 448 g/mol. The van der Waals surface area contributed by atoms with E-state index in [0.29, 0.717) is 4.91 Å². The van der Waals surface area contributed by atoms with Crippen LogP contribution in [0.2, 0.25) is 0 Å². The molecule has 1 aliphatic heterocycles. The molecule has 5 nitrogen and oxygen atoms in total. The van der Waals surface area contributed by atoms with Gasteiger partial charge in [-0.2, -0.15) is 0 Å². The van der Waals surface area contributed by atoms with Gasteiger partial charge in [0.25, 0.3) is 11.1 Å². The van der Waals surface area contributed by atoms with E-state index in [9.17, 15) is 14.4 Å². The van der Waals surface area contributed by atoms with Crippen molar-refractivity contribution in [3.05, 3.63) is 99.1 Å². The third-order valence-electron chi connectivity index (χ3n) is 4.85. The van der Waals surface area contributed by atoms with Crippen LogP contribution in [0.5, 0.6) is 0 Å². The summed E-state index contributed by atoms with van der Waals surface area (Å²) in [7, 11) is 0. The van der Waals surface area contributed by atoms with Crippen molar-refractivity contribution in [2.24, 2.45) is 0 Å². The number of benzene rings is 2. The molecule has 0 atom stereocenters. The Kier molecular flexibility index (Phi) is 6.64. The van der Waals surface area contributed by atoms with Gasteiger partial charge in [0.05, 0.1) is 10.8 Å². The summed E-state index contributed by atoms with van der Waals surface area (Å²) in [6, 6.07) is 22.9. The number of thiophene rings is 1. The number of carbonyl (C=O) groups excluding carboxylic acids is 3. The van der Waals surface area contributed by atoms with Crippen LogP contribution in [0.3, 0.4) is 0 Å². The number of hydrogen-bond donors (Lipinski definition) is 1. The average Bonchev–Trinajstić information content (AvgIpc) is 3.39. The molecule has 2 aromatic carbocycles. The number of rotatable bonds is 7. The maximum atomic E-state index is 13.0. The van der Waals surface area contributed by atoms with Gasteiger partial charge in [-0.25, -0.2) is 0 Å². The smallest absolute Gasteiger partial charge is 0.293 e. The number of carbonyl (C=O) groups is 3. The zero-order chi connectivity index (χ0) is 21.6. The van der Waals surface area contributed by atoms with Crippen molar-refractivity contribution < 1.29 is 14.4 Å². The Labute approximate surface area is 188 Å². The van der Waals surface area contributed by atoms with E-state index in [1.54, 1.807) is 6.08 Å². The third-order valence-corrected chi connectivity index (χ3v) is 6.58. The summed E-state index contributed by atoms with van der Waals surface area (Å²) < 4.78 is 0. The number of imide groups is 1. The van der Waals surface area contributed by atoms with Gasteiger partial charge in [-0.05, 0) is 40.4 Å². The van der Waals surface area contributed by atoms with Gasteiger partial charge in [0.2, 0.25) is 5.91 Å². The van der Waals surface area contributed by atoms with Crippen LogP contribution >= 0.6 is 23.1 Å². The molecule has 1 fully saturated rings. The lowest BCUT2D eigenvalue weighted by Gasteiger charge is -2.19. The largest absolute Gasteiger partial charge is 0.353 e. The number of nitrogens with one attached hydrogen (secondary N) is 1. The highest BCUT2D eigenvalue weighted by Crippen LogP contribution is 2.32. The minimum Gasteiger partial charge on any atom is -0.353 e. The summed E-state index contributed by atoms with van der Waals surface area (Å²) in [5.74, 6) is -0.949. The van der Waals surface area contributed by atoms with Gasteiger partial charge in [-0.3, -0.25) is 19.3 Å². The summed E-state index contributed by atoms with van der Waals surface area (Å²) in [6.45, 7) is 0.327. The SMILES string of the molecule is O=C(NCCN1C(=O)S/C(=C\c2cccs2)C1=O)C(c1ccccc1)c1ccccc1. The molecule has 156 valence electrons. The molecule has 0 aliphatic carbocycles. The van der Waals surface area contributed by atoms with Crippen LogP contribution in [-0.4, -0.2) is 35.0 Å². The second-order valence-corrected chi connectivity index (χ2v) is 8.87. The van der Waals surface area contributed by atoms with E-state index in [0.717, 1.165) is 27.8 Å².